The number of carbonyl (C=O) groups excluding carboxylic acids is 3. The van der Waals surface area contributed by atoms with Crippen molar-refractivity contribution in [2.45, 2.75) is 44.6 Å². The fourth-order valence-electron chi connectivity index (χ4n) is 3.25. The Morgan fingerprint density at radius 3 is 2.42 bits per heavy atom. The zero-order valence-electron chi connectivity index (χ0n) is 16.8. The Labute approximate surface area is 189 Å². The molecule has 0 aliphatic carbocycles. The minimum absolute atomic E-state index is 0.146. The van der Waals surface area contributed by atoms with E-state index in [1.54, 1.807) is 26.0 Å². The van der Waals surface area contributed by atoms with E-state index in [4.69, 9.17) is 28.5 Å². The largest absolute Gasteiger partial charge is 0.351 e. The normalized spacial score (nSPS) is 16.4. The van der Waals surface area contributed by atoms with Crippen molar-refractivity contribution in [2.24, 2.45) is 0 Å². The van der Waals surface area contributed by atoms with Gasteiger partial charge in [0.1, 0.15) is 17.3 Å². The third-order valence-corrected chi connectivity index (χ3v) is 5.71. The maximum atomic E-state index is 12.7. The van der Waals surface area contributed by atoms with Crippen LogP contribution in [0.25, 0.3) is 0 Å². The summed E-state index contributed by atoms with van der Waals surface area (Å²) in [5, 5.41) is 14.5. The minimum atomic E-state index is -1.03. The Hall–Kier alpha value is -3.02. The average Bonchev–Trinajstić information content (AvgIpc) is 2.73. The second-order valence-electron chi connectivity index (χ2n) is 7.69. The van der Waals surface area contributed by atoms with E-state index >= 15 is 0 Å². The van der Waals surface area contributed by atoms with Crippen LogP contribution in [0.3, 0.4) is 0 Å². The molecule has 8 nitrogen and oxygen atoms in total. The topological polar surface area (TPSA) is 125 Å². The fraction of sp³-hybridized carbons (Fsp3) is 0.333. The summed E-state index contributed by atoms with van der Waals surface area (Å²) in [6, 6.07) is 5.21. The fourth-order valence-corrected chi connectivity index (χ4v) is 4.05. The Morgan fingerprint density at radius 1 is 1.26 bits per heavy atom. The Bertz CT molecular complexity index is 1070. The van der Waals surface area contributed by atoms with Gasteiger partial charge in [-0.1, -0.05) is 23.2 Å². The molecule has 1 aliphatic rings. The predicted octanol–water partition coefficient (Wildman–Crippen LogP) is 2.77. The number of nitrogens with one attached hydrogen (secondary N) is 2. The molecular weight excluding hydrogens is 441 g/mol. The highest BCUT2D eigenvalue weighted by Gasteiger charge is 2.33. The van der Waals surface area contributed by atoms with E-state index in [0.29, 0.717) is 33.2 Å². The van der Waals surface area contributed by atoms with Crippen molar-refractivity contribution in [1.82, 2.24) is 20.6 Å². The number of nitriles is 1. The first-order valence-corrected chi connectivity index (χ1v) is 10.2. The highest BCUT2D eigenvalue weighted by atomic mass is 35.5. The quantitative estimate of drug-likeness (QED) is 0.662. The second kappa shape index (κ2) is 9.00. The van der Waals surface area contributed by atoms with Crippen molar-refractivity contribution < 1.29 is 14.4 Å². The summed E-state index contributed by atoms with van der Waals surface area (Å²) in [5.41, 5.74) is 0.389. The van der Waals surface area contributed by atoms with Gasteiger partial charge in [0.15, 0.2) is 0 Å². The van der Waals surface area contributed by atoms with Crippen LogP contribution in [-0.2, 0) is 26.3 Å². The molecule has 1 fully saturated rings. The summed E-state index contributed by atoms with van der Waals surface area (Å²) in [6.07, 6.45) is 3.28. The molecule has 1 aromatic carbocycles. The van der Waals surface area contributed by atoms with Gasteiger partial charge in [-0.15, -0.1) is 0 Å². The number of imide groups is 1. The third kappa shape index (κ3) is 4.84. The lowest BCUT2D eigenvalue weighted by Gasteiger charge is -2.24. The molecule has 3 amide bonds. The third-order valence-electron chi connectivity index (χ3n) is 5.09. The maximum absolute atomic E-state index is 12.7. The standard InChI is InChI=1S/C21H19Cl2N5O3/c1-21(2,19-25-9-12(7-24)10-26-19)20(31)27-8-11-5-14(22)17(15(23)6-11)13-3-4-16(29)28-18(13)30/h5-6,9-10,13H,3-4,8H2,1-2H3,(H,27,31)(H,28,29,30). The average molecular weight is 460 g/mol. The van der Waals surface area contributed by atoms with Crippen molar-refractivity contribution in [3.05, 3.63) is 57.1 Å². The molecule has 3 rings (SSSR count). The second-order valence-corrected chi connectivity index (χ2v) is 8.51. The van der Waals surface area contributed by atoms with Crippen molar-refractivity contribution in [2.75, 3.05) is 0 Å². The van der Waals surface area contributed by atoms with E-state index in [0.717, 1.165) is 0 Å². The molecule has 1 atom stereocenters. The summed E-state index contributed by atoms with van der Waals surface area (Å²) in [5.74, 6) is -1.38. The number of rotatable bonds is 5. The number of halogens is 2. The van der Waals surface area contributed by atoms with Crippen LogP contribution in [0.1, 0.15) is 55.1 Å². The zero-order chi connectivity index (χ0) is 22.8. The summed E-state index contributed by atoms with van der Waals surface area (Å²) in [6.45, 7) is 3.50. The van der Waals surface area contributed by atoms with Gasteiger partial charge in [0.05, 0.1) is 11.5 Å². The first kappa shape index (κ1) is 22.7. The van der Waals surface area contributed by atoms with Crippen LogP contribution in [0.5, 0.6) is 0 Å². The van der Waals surface area contributed by atoms with Crippen molar-refractivity contribution in [3.63, 3.8) is 0 Å². The van der Waals surface area contributed by atoms with Crippen LogP contribution >= 0.6 is 23.2 Å². The van der Waals surface area contributed by atoms with Crippen molar-refractivity contribution in [3.8, 4) is 6.07 Å². The summed E-state index contributed by atoms with van der Waals surface area (Å²) in [7, 11) is 0. The lowest BCUT2D eigenvalue weighted by atomic mass is 9.89. The summed E-state index contributed by atoms with van der Waals surface area (Å²) >= 11 is 12.8. The number of benzene rings is 1. The molecule has 0 radical (unpaired) electrons. The highest BCUT2D eigenvalue weighted by molar-refractivity contribution is 6.36. The van der Waals surface area contributed by atoms with Gasteiger partial charge in [0, 0.05) is 41.0 Å². The Kier molecular flexibility index (Phi) is 6.58. The van der Waals surface area contributed by atoms with Gasteiger partial charge in [-0.05, 0) is 38.0 Å². The molecule has 0 saturated carbocycles. The van der Waals surface area contributed by atoms with E-state index in [1.807, 2.05) is 6.07 Å². The van der Waals surface area contributed by atoms with Crippen LogP contribution in [0, 0.1) is 11.3 Å². The van der Waals surface area contributed by atoms with Gasteiger partial charge in [-0.25, -0.2) is 9.97 Å². The van der Waals surface area contributed by atoms with Crippen LogP contribution in [-0.4, -0.2) is 27.7 Å². The molecule has 31 heavy (non-hydrogen) atoms. The van der Waals surface area contributed by atoms with Gasteiger partial charge in [-0.3, -0.25) is 19.7 Å². The Balaban J connectivity index is 1.73. The van der Waals surface area contributed by atoms with Crippen LogP contribution < -0.4 is 10.6 Å². The molecule has 0 spiro atoms. The molecule has 1 saturated heterocycles. The zero-order valence-corrected chi connectivity index (χ0v) is 18.3. The van der Waals surface area contributed by atoms with Gasteiger partial charge < -0.3 is 5.32 Å². The molecular formula is C21H19Cl2N5O3. The molecule has 10 heteroatoms. The minimum Gasteiger partial charge on any atom is -0.351 e. The van der Waals surface area contributed by atoms with Gasteiger partial charge in [0.25, 0.3) is 0 Å². The van der Waals surface area contributed by atoms with Gasteiger partial charge >= 0.3 is 0 Å². The van der Waals surface area contributed by atoms with Crippen LogP contribution in [0.4, 0.5) is 0 Å². The molecule has 2 heterocycles. The van der Waals surface area contributed by atoms with Crippen LogP contribution in [0.2, 0.25) is 10.0 Å². The molecule has 1 aliphatic heterocycles. The van der Waals surface area contributed by atoms with E-state index < -0.39 is 17.2 Å². The molecule has 2 aromatic rings. The predicted molar refractivity (Wildman–Crippen MR) is 113 cm³/mol. The van der Waals surface area contributed by atoms with Crippen LogP contribution in [0.15, 0.2) is 24.5 Å². The first-order chi connectivity index (χ1) is 14.6. The number of nitrogens with zero attached hydrogens (tertiary/aromatic N) is 3. The van der Waals surface area contributed by atoms with Crippen molar-refractivity contribution >= 4 is 40.9 Å². The molecule has 1 aromatic heterocycles. The Morgan fingerprint density at radius 2 is 1.87 bits per heavy atom. The van der Waals surface area contributed by atoms with E-state index in [2.05, 4.69) is 20.6 Å². The van der Waals surface area contributed by atoms with E-state index in [1.165, 1.54) is 12.4 Å². The smallest absolute Gasteiger partial charge is 0.234 e. The van der Waals surface area contributed by atoms with E-state index in [-0.39, 0.29) is 30.6 Å². The highest BCUT2D eigenvalue weighted by Crippen LogP contribution is 2.37. The SMILES string of the molecule is CC(C)(C(=O)NCc1cc(Cl)c(C2CCC(=O)NC2=O)c(Cl)c1)c1ncc(C#N)cn1. The lowest BCUT2D eigenvalue weighted by molar-refractivity contribution is -0.134. The number of carbonyl (C=O) groups is 3. The number of piperidine rings is 1. The lowest BCUT2D eigenvalue weighted by Crippen LogP contribution is -2.41. The van der Waals surface area contributed by atoms with Gasteiger partial charge in [-0.2, -0.15) is 5.26 Å². The number of hydrogen-bond acceptors (Lipinski definition) is 6. The van der Waals surface area contributed by atoms with Gasteiger partial charge in [0.2, 0.25) is 17.7 Å². The monoisotopic (exact) mass is 459 g/mol. The molecule has 2 N–H and O–H groups in total. The summed E-state index contributed by atoms with van der Waals surface area (Å²) < 4.78 is 0. The molecule has 160 valence electrons. The van der Waals surface area contributed by atoms with E-state index in [9.17, 15) is 14.4 Å². The maximum Gasteiger partial charge on any atom is 0.234 e. The van der Waals surface area contributed by atoms with Crippen molar-refractivity contribution in [1.29, 1.82) is 5.26 Å². The molecule has 1 unspecified atom stereocenters. The molecule has 0 bridgehead atoms. The summed E-state index contributed by atoms with van der Waals surface area (Å²) in [4.78, 5) is 44.5. The number of hydrogen-bond donors (Lipinski definition) is 2. The number of amides is 3. The number of aromatic nitrogens is 2. The first-order valence-electron chi connectivity index (χ1n) is 9.46.